The molecule has 2 aromatic rings. The summed E-state index contributed by atoms with van der Waals surface area (Å²) < 4.78 is 2.05. The van der Waals surface area contributed by atoms with Gasteiger partial charge in [0, 0.05) is 29.3 Å². The predicted molar refractivity (Wildman–Crippen MR) is 139 cm³/mol. The maximum atomic E-state index is 11.7. The van der Waals surface area contributed by atoms with Crippen LogP contribution in [0, 0.1) is 24.2 Å². The van der Waals surface area contributed by atoms with Crippen LogP contribution in [0.2, 0.25) is 0 Å². The fraction of sp³-hybridized carbons (Fsp3) is 0.379. The van der Waals surface area contributed by atoms with Gasteiger partial charge in [0.05, 0.1) is 17.1 Å². The second-order valence-corrected chi connectivity index (χ2v) is 7.91. The van der Waals surface area contributed by atoms with Gasteiger partial charge in [0.25, 0.3) is 0 Å². The van der Waals surface area contributed by atoms with E-state index in [-0.39, 0.29) is 5.56 Å². The molecule has 0 amide bonds. The Kier molecular flexibility index (Phi) is 12.1. The van der Waals surface area contributed by atoms with E-state index in [0.29, 0.717) is 24.3 Å². The van der Waals surface area contributed by atoms with Crippen molar-refractivity contribution in [1.82, 2.24) is 4.57 Å². The zero-order valence-corrected chi connectivity index (χ0v) is 20.2. The van der Waals surface area contributed by atoms with Crippen molar-refractivity contribution in [3.05, 3.63) is 65.4 Å². The molecule has 174 valence electrons. The second-order valence-electron chi connectivity index (χ2n) is 7.91. The Hall–Kier alpha value is -3.50. The van der Waals surface area contributed by atoms with Crippen molar-refractivity contribution in [1.29, 1.82) is 5.26 Å². The summed E-state index contributed by atoms with van der Waals surface area (Å²) in [4.78, 5) is 11.7. The molecule has 0 atom stereocenters. The number of rotatable bonds is 12. The minimum Gasteiger partial charge on any atom is -0.478 e. The summed E-state index contributed by atoms with van der Waals surface area (Å²) >= 11 is 0. The van der Waals surface area contributed by atoms with Crippen LogP contribution in [0.15, 0.2) is 48.6 Å². The normalized spacial score (nSPS) is 11.4. The first-order valence-electron chi connectivity index (χ1n) is 11.6. The molecular weight excluding hydrogens is 408 g/mol. The number of carbonyl (C=O) groups is 1. The van der Waals surface area contributed by atoms with Crippen molar-refractivity contribution in [3.8, 4) is 18.9 Å². The van der Waals surface area contributed by atoms with Crippen molar-refractivity contribution < 1.29 is 9.90 Å². The number of carboxylic acids is 1. The first-order chi connectivity index (χ1) is 16.0. The first kappa shape index (κ1) is 27.5. The van der Waals surface area contributed by atoms with Gasteiger partial charge in [-0.05, 0) is 56.2 Å². The minimum absolute atomic E-state index is 0.256. The Labute approximate surface area is 198 Å². The summed E-state index contributed by atoms with van der Waals surface area (Å²) in [5, 5.41) is 20.4. The van der Waals surface area contributed by atoms with Crippen LogP contribution in [0.25, 0.3) is 17.1 Å². The van der Waals surface area contributed by atoms with E-state index >= 15 is 0 Å². The monoisotopic (exact) mass is 444 g/mol. The van der Waals surface area contributed by atoms with E-state index < -0.39 is 5.97 Å². The van der Waals surface area contributed by atoms with Crippen LogP contribution in [-0.4, -0.2) is 15.6 Å². The van der Waals surface area contributed by atoms with E-state index in [1.807, 2.05) is 35.9 Å². The van der Waals surface area contributed by atoms with Crippen LogP contribution in [0.5, 0.6) is 0 Å². The van der Waals surface area contributed by atoms with Gasteiger partial charge in [-0.25, -0.2) is 4.79 Å². The van der Waals surface area contributed by atoms with Gasteiger partial charge < -0.3 is 9.67 Å². The molecule has 0 aliphatic heterocycles. The highest BCUT2D eigenvalue weighted by molar-refractivity contribution is 5.96. The number of carboxylic acid groups (broad SMARTS) is 1. The highest BCUT2D eigenvalue weighted by Crippen LogP contribution is 2.38. The van der Waals surface area contributed by atoms with Crippen LogP contribution in [0.4, 0.5) is 0 Å². The average Bonchev–Trinajstić information content (AvgIpc) is 3.12. The number of aromatic nitrogens is 1. The fourth-order valence-electron chi connectivity index (χ4n) is 4.31. The molecule has 0 spiro atoms. The molecule has 1 heterocycles. The topological polar surface area (TPSA) is 66.0 Å². The molecule has 1 N–H and O–H groups in total. The van der Waals surface area contributed by atoms with Gasteiger partial charge in [0.15, 0.2) is 0 Å². The lowest BCUT2D eigenvalue weighted by Crippen LogP contribution is -2.04. The molecule has 0 aliphatic carbocycles. The highest BCUT2D eigenvalue weighted by atomic mass is 16.4. The number of benzene rings is 1. The van der Waals surface area contributed by atoms with Crippen molar-refractivity contribution in [2.24, 2.45) is 0 Å². The number of nitriles is 1. The maximum absolute atomic E-state index is 11.7. The van der Waals surface area contributed by atoms with Gasteiger partial charge in [0.1, 0.15) is 0 Å². The summed E-state index contributed by atoms with van der Waals surface area (Å²) in [5.74, 6) is -0.552. The zero-order chi connectivity index (χ0) is 24.8. The number of aromatic carboxylic acids is 1. The van der Waals surface area contributed by atoms with E-state index in [4.69, 9.17) is 0 Å². The molecular formula is C29H36N2O2. The Balaban J connectivity index is 0.00000265. The molecule has 4 nitrogen and oxygen atoms in total. The van der Waals surface area contributed by atoms with Crippen LogP contribution in [-0.2, 0) is 6.42 Å². The van der Waals surface area contributed by atoms with E-state index in [9.17, 15) is 15.2 Å². The zero-order valence-electron chi connectivity index (χ0n) is 20.2. The lowest BCUT2D eigenvalue weighted by molar-refractivity contribution is 0.0697. The fourth-order valence-corrected chi connectivity index (χ4v) is 4.31. The van der Waals surface area contributed by atoms with Crippen molar-refractivity contribution >= 4 is 23.1 Å². The number of nitrogens with zero attached hydrogens (tertiary/aromatic N) is 2. The Morgan fingerprint density at radius 2 is 1.94 bits per heavy atom. The smallest absolute Gasteiger partial charge is 0.335 e. The van der Waals surface area contributed by atoms with Crippen LogP contribution < -0.4 is 0 Å². The SMILES string of the molecule is C#C.C=CCc1c(C(CCC)CCC)c2ccc(C(=O)O)cc2n1/C=C(/C#N)CC/C=C\C. The summed E-state index contributed by atoms with van der Waals surface area (Å²) in [6, 6.07) is 7.70. The van der Waals surface area contributed by atoms with Crippen molar-refractivity contribution in [2.75, 3.05) is 0 Å². The van der Waals surface area contributed by atoms with E-state index in [1.165, 1.54) is 5.56 Å². The van der Waals surface area contributed by atoms with Gasteiger partial charge in [-0.15, -0.1) is 19.4 Å². The quantitative estimate of drug-likeness (QED) is 0.207. The van der Waals surface area contributed by atoms with Crippen LogP contribution >= 0.6 is 0 Å². The van der Waals surface area contributed by atoms with E-state index in [2.05, 4.69) is 45.4 Å². The molecule has 33 heavy (non-hydrogen) atoms. The van der Waals surface area contributed by atoms with Gasteiger partial charge in [-0.2, -0.15) is 5.26 Å². The molecule has 2 rings (SSSR count). The molecule has 0 fully saturated rings. The number of terminal acetylenes is 1. The molecule has 0 aliphatic rings. The molecule has 4 heteroatoms. The molecule has 0 saturated heterocycles. The third-order valence-corrected chi connectivity index (χ3v) is 5.66. The number of hydrogen-bond acceptors (Lipinski definition) is 2. The van der Waals surface area contributed by atoms with E-state index in [1.54, 1.807) is 12.1 Å². The van der Waals surface area contributed by atoms with Crippen LogP contribution in [0.3, 0.4) is 0 Å². The largest absolute Gasteiger partial charge is 0.478 e. The maximum Gasteiger partial charge on any atom is 0.335 e. The predicted octanol–water partition coefficient (Wildman–Crippen LogP) is 7.72. The molecule has 1 aromatic carbocycles. The summed E-state index contributed by atoms with van der Waals surface area (Å²) in [6.45, 7) is 10.3. The van der Waals surface area contributed by atoms with Crippen molar-refractivity contribution in [3.63, 3.8) is 0 Å². The summed E-state index contributed by atoms with van der Waals surface area (Å²) in [6.07, 6.45) is 22.3. The lowest BCUT2D eigenvalue weighted by Gasteiger charge is -2.18. The molecule has 0 radical (unpaired) electrons. The average molecular weight is 445 g/mol. The third kappa shape index (κ3) is 6.99. The Morgan fingerprint density at radius 1 is 1.27 bits per heavy atom. The molecule has 1 aromatic heterocycles. The van der Waals surface area contributed by atoms with E-state index in [0.717, 1.165) is 48.7 Å². The van der Waals surface area contributed by atoms with Crippen LogP contribution in [0.1, 0.15) is 86.8 Å². The lowest BCUT2D eigenvalue weighted by atomic mass is 9.87. The minimum atomic E-state index is -0.947. The number of allylic oxidation sites excluding steroid dienone is 4. The van der Waals surface area contributed by atoms with Gasteiger partial charge in [-0.1, -0.05) is 51.0 Å². The van der Waals surface area contributed by atoms with Gasteiger partial charge in [-0.3, -0.25) is 0 Å². The Bertz CT molecular complexity index is 1050. The molecule has 0 bridgehead atoms. The molecule has 0 unspecified atom stereocenters. The van der Waals surface area contributed by atoms with Crippen molar-refractivity contribution in [2.45, 2.75) is 71.6 Å². The van der Waals surface area contributed by atoms with Gasteiger partial charge >= 0.3 is 5.97 Å². The molecule has 0 saturated carbocycles. The summed E-state index contributed by atoms with van der Waals surface area (Å²) in [5.41, 5.74) is 4.17. The highest BCUT2D eigenvalue weighted by Gasteiger charge is 2.23. The third-order valence-electron chi connectivity index (χ3n) is 5.66. The second kappa shape index (κ2) is 14.5. The number of fused-ring (bicyclic) bond motifs is 1. The number of hydrogen-bond donors (Lipinski definition) is 1. The summed E-state index contributed by atoms with van der Waals surface area (Å²) in [7, 11) is 0. The Morgan fingerprint density at radius 3 is 2.45 bits per heavy atom. The van der Waals surface area contributed by atoms with Gasteiger partial charge in [0.2, 0.25) is 0 Å². The standard InChI is InChI=1S/C27H34N2O2.C2H2/c1-5-9-10-14-20(18-28)19-29-24(13-8-4)26(21(11-6-2)12-7-3)23-16-15-22(27(30)31)17-25(23)29;1-2/h5,8-9,15-17,19,21H,4,6-7,10-14H2,1-3H3,(H,30,31);1-2H/b9-5-,20-19+;. The first-order valence-corrected chi connectivity index (χ1v) is 11.6.